The highest BCUT2D eigenvalue weighted by atomic mass is 16.2. The van der Waals surface area contributed by atoms with Crippen LogP contribution in [-0.4, -0.2) is 41.7 Å². The number of hydrogen-bond donors (Lipinski definition) is 2. The zero-order valence-electron chi connectivity index (χ0n) is 21.7. The largest absolute Gasteiger partial charge is 0.345 e. The number of carbonyl (C=O) groups excluding carboxylic acids is 2. The average Bonchev–Trinajstić information content (AvgIpc) is 3.23. The van der Waals surface area contributed by atoms with Gasteiger partial charge in [0, 0.05) is 19.7 Å². The van der Waals surface area contributed by atoms with Crippen molar-refractivity contribution in [1.82, 2.24) is 15.1 Å². The molecule has 1 heterocycles. The summed E-state index contributed by atoms with van der Waals surface area (Å²) >= 11 is 0. The lowest BCUT2D eigenvalue weighted by atomic mass is 9.82. The number of amides is 2. The first kappa shape index (κ1) is 25.4. The van der Waals surface area contributed by atoms with Crippen molar-refractivity contribution in [3.63, 3.8) is 0 Å². The molecule has 2 N–H and O–H groups in total. The number of benzene rings is 4. The fourth-order valence-electron chi connectivity index (χ4n) is 4.92. The van der Waals surface area contributed by atoms with Crippen LogP contribution >= 0.6 is 0 Å². The molecule has 0 unspecified atom stereocenters. The van der Waals surface area contributed by atoms with Crippen LogP contribution < -0.4 is 5.32 Å². The van der Waals surface area contributed by atoms with E-state index in [2.05, 4.69) is 11.4 Å². The summed E-state index contributed by atoms with van der Waals surface area (Å²) in [5, 5.41) is 21.2. The molecule has 0 spiro atoms. The van der Waals surface area contributed by atoms with E-state index in [9.17, 15) is 14.9 Å². The first-order valence-corrected chi connectivity index (χ1v) is 12.5. The van der Waals surface area contributed by atoms with Crippen molar-refractivity contribution in [2.45, 2.75) is 12.1 Å². The van der Waals surface area contributed by atoms with Gasteiger partial charge in [-0.25, -0.2) is 0 Å². The van der Waals surface area contributed by atoms with Crippen molar-refractivity contribution in [3.05, 3.63) is 131 Å². The van der Waals surface area contributed by atoms with E-state index in [0.717, 1.165) is 22.3 Å². The van der Waals surface area contributed by atoms with E-state index in [-0.39, 0.29) is 24.3 Å². The minimum absolute atomic E-state index is 0.0148. The van der Waals surface area contributed by atoms with Gasteiger partial charge in [0.15, 0.2) is 11.5 Å². The predicted molar refractivity (Wildman–Crippen MR) is 150 cm³/mol. The Labute approximate surface area is 227 Å². The third kappa shape index (κ3) is 4.64. The number of nitrogens with zero attached hydrogens (tertiary/aromatic N) is 3. The summed E-state index contributed by atoms with van der Waals surface area (Å²) in [5.41, 5.74) is 3.79. The van der Waals surface area contributed by atoms with Gasteiger partial charge in [-0.2, -0.15) is 5.26 Å². The summed E-state index contributed by atoms with van der Waals surface area (Å²) in [6.07, 6.45) is 0. The summed E-state index contributed by atoms with van der Waals surface area (Å²) in [6.45, 7) is 0.146. The van der Waals surface area contributed by atoms with Gasteiger partial charge < -0.3 is 10.2 Å². The van der Waals surface area contributed by atoms with Gasteiger partial charge in [-0.1, -0.05) is 78.9 Å². The molecule has 2 amide bonds. The lowest BCUT2D eigenvalue weighted by molar-refractivity contribution is -0.130. The molecular weight excluding hydrogens is 486 g/mol. The highest BCUT2D eigenvalue weighted by molar-refractivity contribution is 6.10. The third-order valence-electron chi connectivity index (χ3n) is 6.91. The topological polar surface area (TPSA) is 100 Å². The number of nitrogens with one attached hydrogen (secondary N) is 2. The molecule has 1 aliphatic rings. The SMILES string of the molecule is CN(C)C(=O)c1cccc(CN2C(=N)N[C@@](c3ccccc3)(c3ccc(-c4cccc(C#N)c4)cc3)C2=O)c1. The molecule has 5 rings (SSSR count). The minimum Gasteiger partial charge on any atom is -0.345 e. The molecular formula is C32H27N5O2. The number of guanidine groups is 1. The van der Waals surface area contributed by atoms with E-state index in [1.165, 1.54) is 9.80 Å². The van der Waals surface area contributed by atoms with Crippen LogP contribution in [0.5, 0.6) is 0 Å². The van der Waals surface area contributed by atoms with Crippen molar-refractivity contribution in [3.8, 4) is 17.2 Å². The molecule has 0 aromatic heterocycles. The van der Waals surface area contributed by atoms with Gasteiger partial charge in [0.05, 0.1) is 18.2 Å². The minimum atomic E-state index is -1.29. The summed E-state index contributed by atoms with van der Waals surface area (Å²) in [4.78, 5) is 29.6. The summed E-state index contributed by atoms with van der Waals surface area (Å²) in [6, 6.07) is 33.7. The molecule has 4 aromatic carbocycles. The molecule has 1 aliphatic heterocycles. The molecule has 4 aromatic rings. The second-order valence-electron chi connectivity index (χ2n) is 9.65. The quantitative estimate of drug-likeness (QED) is 0.389. The zero-order chi connectivity index (χ0) is 27.6. The molecule has 1 fully saturated rings. The van der Waals surface area contributed by atoms with Crippen LogP contribution in [0, 0.1) is 16.7 Å². The average molecular weight is 514 g/mol. The van der Waals surface area contributed by atoms with Crippen molar-refractivity contribution in [1.29, 1.82) is 10.7 Å². The molecule has 0 bridgehead atoms. The Hall–Kier alpha value is -5.22. The normalized spacial score (nSPS) is 16.5. The predicted octanol–water partition coefficient (Wildman–Crippen LogP) is 4.74. The number of nitriles is 1. The summed E-state index contributed by atoms with van der Waals surface area (Å²) in [5.74, 6) is -0.418. The first-order valence-electron chi connectivity index (χ1n) is 12.5. The fourth-order valence-corrected chi connectivity index (χ4v) is 4.92. The molecule has 7 nitrogen and oxygen atoms in total. The zero-order valence-corrected chi connectivity index (χ0v) is 21.7. The lowest BCUT2D eigenvalue weighted by Crippen LogP contribution is -2.45. The van der Waals surface area contributed by atoms with Crippen LogP contribution in [0.25, 0.3) is 11.1 Å². The summed E-state index contributed by atoms with van der Waals surface area (Å²) in [7, 11) is 3.39. The Morgan fingerprint density at radius 1 is 0.897 bits per heavy atom. The maximum absolute atomic E-state index is 14.2. The van der Waals surface area contributed by atoms with Gasteiger partial charge in [0.25, 0.3) is 11.8 Å². The van der Waals surface area contributed by atoms with Gasteiger partial charge in [0.2, 0.25) is 0 Å². The van der Waals surface area contributed by atoms with E-state index < -0.39 is 5.54 Å². The fraction of sp³-hybridized carbons (Fsp3) is 0.125. The number of carbonyl (C=O) groups is 2. The van der Waals surface area contributed by atoms with Gasteiger partial charge in [-0.05, 0) is 52.1 Å². The Balaban J connectivity index is 1.52. The van der Waals surface area contributed by atoms with E-state index in [1.807, 2.05) is 78.9 Å². The van der Waals surface area contributed by atoms with E-state index >= 15 is 0 Å². The Bertz CT molecular complexity index is 1610. The van der Waals surface area contributed by atoms with Gasteiger partial charge in [0.1, 0.15) is 0 Å². The monoisotopic (exact) mass is 513 g/mol. The first-order chi connectivity index (χ1) is 18.8. The lowest BCUT2D eigenvalue weighted by Gasteiger charge is -2.28. The van der Waals surface area contributed by atoms with Crippen LogP contribution in [-0.2, 0) is 16.9 Å². The smallest absolute Gasteiger partial charge is 0.264 e. The number of hydrogen-bond acceptors (Lipinski definition) is 4. The van der Waals surface area contributed by atoms with Gasteiger partial charge in [-0.15, -0.1) is 0 Å². The highest BCUT2D eigenvalue weighted by Crippen LogP contribution is 2.37. The van der Waals surface area contributed by atoms with Crippen molar-refractivity contribution < 1.29 is 9.59 Å². The van der Waals surface area contributed by atoms with E-state index in [4.69, 9.17) is 5.41 Å². The molecule has 1 atom stereocenters. The molecule has 0 saturated carbocycles. The number of rotatable bonds is 6. The van der Waals surface area contributed by atoms with Crippen LogP contribution in [0.15, 0.2) is 103 Å². The maximum atomic E-state index is 14.2. The van der Waals surface area contributed by atoms with Crippen molar-refractivity contribution >= 4 is 17.8 Å². The Morgan fingerprint density at radius 3 is 2.28 bits per heavy atom. The van der Waals surface area contributed by atoms with Crippen LogP contribution in [0.3, 0.4) is 0 Å². The third-order valence-corrected chi connectivity index (χ3v) is 6.91. The Kier molecular flexibility index (Phi) is 6.70. The van der Waals surface area contributed by atoms with Gasteiger partial charge >= 0.3 is 0 Å². The molecule has 0 aliphatic carbocycles. The molecule has 39 heavy (non-hydrogen) atoms. The molecule has 1 saturated heterocycles. The van der Waals surface area contributed by atoms with Crippen molar-refractivity contribution in [2.24, 2.45) is 0 Å². The maximum Gasteiger partial charge on any atom is 0.264 e. The molecule has 0 radical (unpaired) electrons. The molecule has 192 valence electrons. The van der Waals surface area contributed by atoms with E-state index in [0.29, 0.717) is 16.7 Å². The second-order valence-corrected chi connectivity index (χ2v) is 9.65. The highest BCUT2D eigenvalue weighted by Gasteiger charge is 2.52. The second kappa shape index (κ2) is 10.3. The standard InChI is InChI=1S/C32H27N5O2/c1-36(2)29(38)26-11-7-9-23(19-26)21-37-30(39)32(35-31(37)34,27-12-4-3-5-13-27)28-16-14-24(15-17-28)25-10-6-8-22(18-25)20-33/h3-19H,21H2,1-2H3,(H2,34,35)/t32-/m0/s1. The van der Waals surface area contributed by atoms with Crippen LogP contribution in [0.4, 0.5) is 0 Å². The van der Waals surface area contributed by atoms with Gasteiger partial charge in [-0.3, -0.25) is 19.9 Å². The molecule has 7 heteroatoms. The van der Waals surface area contributed by atoms with Crippen LogP contribution in [0.2, 0.25) is 0 Å². The van der Waals surface area contributed by atoms with Crippen LogP contribution in [0.1, 0.15) is 32.6 Å². The Morgan fingerprint density at radius 2 is 1.59 bits per heavy atom. The van der Waals surface area contributed by atoms with Crippen molar-refractivity contribution in [2.75, 3.05) is 14.1 Å². The summed E-state index contributed by atoms with van der Waals surface area (Å²) < 4.78 is 0. The van der Waals surface area contributed by atoms with E-state index in [1.54, 1.807) is 38.4 Å².